The molecule has 0 spiro atoms. The van der Waals surface area contributed by atoms with Gasteiger partial charge in [-0.1, -0.05) is 31.1 Å². The van der Waals surface area contributed by atoms with E-state index in [0.717, 1.165) is 0 Å². The zero-order valence-electron chi connectivity index (χ0n) is 16.4. The smallest absolute Gasteiger partial charge is 0.267 e. The summed E-state index contributed by atoms with van der Waals surface area (Å²) in [6.45, 7) is 3.96. The zero-order chi connectivity index (χ0) is 21.3. The van der Waals surface area contributed by atoms with Crippen LogP contribution in [0, 0.1) is 5.82 Å². The maximum atomic E-state index is 13.2. The minimum Gasteiger partial charge on any atom is -0.335 e. The van der Waals surface area contributed by atoms with Crippen molar-refractivity contribution >= 4 is 22.7 Å². The Bertz CT molecular complexity index is 1260. The maximum absolute atomic E-state index is 13.2. The highest BCUT2D eigenvalue weighted by atomic mass is 19.1. The van der Waals surface area contributed by atoms with Gasteiger partial charge in [-0.25, -0.2) is 9.37 Å². The van der Waals surface area contributed by atoms with Gasteiger partial charge in [-0.15, -0.1) is 0 Å². The summed E-state index contributed by atoms with van der Waals surface area (Å²) in [5, 5.41) is 6.80. The molecule has 2 heterocycles. The molecule has 152 valence electrons. The molecule has 30 heavy (non-hydrogen) atoms. The highest BCUT2D eigenvalue weighted by Crippen LogP contribution is 2.24. The summed E-state index contributed by atoms with van der Waals surface area (Å²) >= 11 is 0. The Morgan fingerprint density at radius 2 is 1.83 bits per heavy atom. The summed E-state index contributed by atoms with van der Waals surface area (Å²) in [7, 11) is 0. The zero-order valence-corrected chi connectivity index (χ0v) is 16.4. The molecule has 4 aromatic rings. The summed E-state index contributed by atoms with van der Waals surface area (Å²) in [5.74, 6) is -0.375. The number of halogens is 1. The topological polar surface area (TPSA) is 90.0 Å². The van der Waals surface area contributed by atoms with Gasteiger partial charge in [0.05, 0.1) is 0 Å². The fourth-order valence-electron chi connectivity index (χ4n) is 3.10. The largest absolute Gasteiger partial charge is 0.335 e. The highest BCUT2D eigenvalue weighted by Gasteiger charge is 2.18. The van der Waals surface area contributed by atoms with E-state index in [9.17, 15) is 14.0 Å². The van der Waals surface area contributed by atoms with Crippen LogP contribution in [-0.4, -0.2) is 20.6 Å². The quantitative estimate of drug-likeness (QED) is 0.542. The highest BCUT2D eigenvalue weighted by molar-refractivity contribution is 5.91. The van der Waals surface area contributed by atoms with Gasteiger partial charge in [-0.05, 0) is 47.9 Å². The molecule has 0 aliphatic heterocycles. The van der Waals surface area contributed by atoms with Crippen molar-refractivity contribution < 1.29 is 13.7 Å². The van der Waals surface area contributed by atoms with Crippen LogP contribution in [0.5, 0.6) is 0 Å². The number of nitrogens with zero attached hydrogens (tertiary/aromatic N) is 3. The van der Waals surface area contributed by atoms with Crippen molar-refractivity contribution in [2.45, 2.75) is 26.3 Å². The normalized spacial score (nSPS) is 11.2. The molecule has 2 aromatic carbocycles. The molecule has 0 bridgehead atoms. The SMILES string of the molecule is CC(C)c1ccc(NC(=O)Cn2cnc3onc(-c4ccc(F)cc4)c3c2=O)cc1. The van der Waals surface area contributed by atoms with Crippen LogP contribution in [0.15, 0.2) is 64.2 Å². The molecule has 0 fully saturated rings. The Hall–Kier alpha value is -3.81. The molecule has 0 saturated carbocycles. The van der Waals surface area contributed by atoms with Crippen molar-refractivity contribution in [3.05, 3.63) is 76.6 Å². The number of benzene rings is 2. The number of amides is 1. The second-order valence-corrected chi connectivity index (χ2v) is 7.22. The molecule has 1 N–H and O–H groups in total. The van der Waals surface area contributed by atoms with E-state index in [2.05, 4.69) is 29.3 Å². The second-order valence-electron chi connectivity index (χ2n) is 7.22. The summed E-state index contributed by atoms with van der Waals surface area (Å²) in [6, 6.07) is 13.1. The van der Waals surface area contributed by atoms with Crippen molar-refractivity contribution in [2.75, 3.05) is 5.32 Å². The number of carbonyl (C=O) groups excluding carboxylic acids is 1. The molecule has 0 unspecified atom stereocenters. The van der Waals surface area contributed by atoms with Gasteiger partial charge in [-0.2, -0.15) is 0 Å². The molecular weight excluding hydrogens is 387 g/mol. The monoisotopic (exact) mass is 406 g/mol. The van der Waals surface area contributed by atoms with Gasteiger partial charge in [0.2, 0.25) is 5.91 Å². The molecule has 0 aliphatic carbocycles. The lowest BCUT2D eigenvalue weighted by molar-refractivity contribution is -0.116. The van der Waals surface area contributed by atoms with Gasteiger partial charge < -0.3 is 9.84 Å². The third-order valence-corrected chi connectivity index (χ3v) is 4.76. The number of aromatic nitrogens is 3. The van der Waals surface area contributed by atoms with Crippen LogP contribution < -0.4 is 10.9 Å². The molecule has 7 nitrogen and oxygen atoms in total. The predicted octanol–water partition coefficient (Wildman–Crippen LogP) is 3.95. The van der Waals surface area contributed by atoms with Crippen LogP contribution >= 0.6 is 0 Å². The number of carbonyl (C=O) groups is 1. The van der Waals surface area contributed by atoms with E-state index < -0.39 is 11.4 Å². The van der Waals surface area contributed by atoms with Gasteiger partial charge in [0, 0.05) is 11.3 Å². The number of nitrogens with one attached hydrogen (secondary N) is 1. The third-order valence-electron chi connectivity index (χ3n) is 4.76. The first-order valence-corrected chi connectivity index (χ1v) is 9.43. The molecule has 1 amide bonds. The molecule has 0 saturated heterocycles. The molecular formula is C22H19FN4O3. The van der Waals surface area contributed by atoms with Crippen LogP contribution in [-0.2, 0) is 11.3 Å². The minimum absolute atomic E-state index is 0.0558. The van der Waals surface area contributed by atoms with Crippen molar-refractivity contribution in [3.8, 4) is 11.3 Å². The molecule has 0 radical (unpaired) electrons. The van der Waals surface area contributed by atoms with Crippen molar-refractivity contribution in [3.63, 3.8) is 0 Å². The van der Waals surface area contributed by atoms with Crippen LogP contribution in [0.1, 0.15) is 25.3 Å². The van der Waals surface area contributed by atoms with Crippen LogP contribution in [0.25, 0.3) is 22.4 Å². The number of fused-ring (bicyclic) bond motifs is 1. The molecule has 2 aromatic heterocycles. The van der Waals surface area contributed by atoms with Crippen molar-refractivity contribution in [1.29, 1.82) is 0 Å². The Morgan fingerprint density at radius 3 is 2.50 bits per heavy atom. The van der Waals surface area contributed by atoms with Gasteiger partial charge in [0.15, 0.2) is 0 Å². The van der Waals surface area contributed by atoms with Crippen molar-refractivity contribution in [2.24, 2.45) is 0 Å². The Labute approximate surface area is 171 Å². The van der Waals surface area contributed by atoms with Gasteiger partial charge in [0.25, 0.3) is 11.3 Å². The van der Waals surface area contributed by atoms with Crippen LogP contribution in [0.2, 0.25) is 0 Å². The summed E-state index contributed by atoms with van der Waals surface area (Å²) < 4.78 is 19.5. The average molecular weight is 406 g/mol. The van der Waals surface area contributed by atoms with E-state index in [-0.39, 0.29) is 29.2 Å². The molecule has 0 atom stereocenters. The number of rotatable bonds is 5. The van der Waals surface area contributed by atoms with E-state index in [1.165, 1.54) is 40.7 Å². The maximum Gasteiger partial charge on any atom is 0.267 e. The summed E-state index contributed by atoms with van der Waals surface area (Å²) in [6.07, 6.45) is 1.24. The van der Waals surface area contributed by atoms with E-state index in [1.54, 1.807) is 0 Å². The predicted molar refractivity (Wildman–Crippen MR) is 111 cm³/mol. The average Bonchev–Trinajstić information content (AvgIpc) is 3.16. The number of anilines is 1. The lowest BCUT2D eigenvalue weighted by Gasteiger charge is -2.09. The lowest BCUT2D eigenvalue weighted by atomic mass is 10.0. The van der Waals surface area contributed by atoms with Gasteiger partial charge in [0.1, 0.15) is 29.8 Å². The lowest BCUT2D eigenvalue weighted by Crippen LogP contribution is -2.27. The Balaban J connectivity index is 1.59. The first-order valence-electron chi connectivity index (χ1n) is 9.43. The van der Waals surface area contributed by atoms with Crippen LogP contribution in [0.4, 0.5) is 10.1 Å². The summed E-state index contributed by atoms with van der Waals surface area (Å²) in [4.78, 5) is 29.4. The fraction of sp³-hybridized carbons (Fsp3) is 0.182. The second kappa shape index (κ2) is 7.90. The third kappa shape index (κ3) is 3.84. The van der Waals surface area contributed by atoms with Crippen LogP contribution in [0.3, 0.4) is 0 Å². The Morgan fingerprint density at radius 1 is 1.13 bits per heavy atom. The fourth-order valence-corrected chi connectivity index (χ4v) is 3.10. The Kier molecular flexibility index (Phi) is 5.14. The first kappa shape index (κ1) is 19.5. The van der Waals surface area contributed by atoms with E-state index >= 15 is 0 Å². The minimum atomic E-state index is -0.467. The number of hydrogen-bond acceptors (Lipinski definition) is 5. The first-order chi connectivity index (χ1) is 14.4. The van der Waals surface area contributed by atoms with Crippen molar-refractivity contribution in [1.82, 2.24) is 14.7 Å². The van der Waals surface area contributed by atoms with E-state index in [0.29, 0.717) is 17.2 Å². The van der Waals surface area contributed by atoms with E-state index in [1.807, 2.05) is 24.3 Å². The molecule has 0 aliphatic rings. The number of hydrogen-bond donors (Lipinski definition) is 1. The molecule has 8 heteroatoms. The standard InChI is InChI=1S/C22H19FN4O3/c1-13(2)14-5-9-17(10-6-14)25-18(28)11-27-12-24-21-19(22(27)29)20(26-30-21)15-3-7-16(23)8-4-15/h3-10,12-13H,11H2,1-2H3,(H,25,28). The van der Waals surface area contributed by atoms with E-state index in [4.69, 9.17) is 4.52 Å². The molecule has 4 rings (SSSR count). The van der Waals surface area contributed by atoms with Gasteiger partial charge in [-0.3, -0.25) is 14.2 Å². The summed E-state index contributed by atoms with van der Waals surface area (Å²) in [5.41, 5.74) is 2.16. The van der Waals surface area contributed by atoms with Gasteiger partial charge >= 0.3 is 0 Å².